The minimum absolute atomic E-state index is 0.303. The third-order valence-corrected chi connectivity index (χ3v) is 5.44. The molecule has 3 atom stereocenters. The summed E-state index contributed by atoms with van der Waals surface area (Å²) >= 11 is 0. The van der Waals surface area contributed by atoms with Gasteiger partial charge >= 0.3 is 5.97 Å². The van der Waals surface area contributed by atoms with E-state index in [2.05, 4.69) is 15.6 Å². The van der Waals surface area contributed by atoms with Crippen molar-refractivity contribution in [1.82, 2.24) is 20.5 Å². The molecule has 10 heteroatoms. The Morgan fingerprint density at radius 3 is 2.77 bits per heavy atom. The molecule has 1 saturated heterocycles. The van der Waals surface area contributed by atoms with Crippen molar-refractivity contribution in [1.29, 1.82) is 0 Å². The highest BCUT2D eigenvalue weighted by Crippen LogP contribution is 2.19. The van der Waals surface area contributed by atoms with Crippen LogP contribution in [-0.2, 0) is 25.6 Å². The summed E-state index contributed by atoms with van der Waals surface area (Å²) in [6, 6.07) is 5.07. The number of para-hydroxylation sites is 1. The molecule has 0 saturated carbocycles. The molecule has 31 heavy (non-hydrogen) atoms. The monoisotopic (exact) mass is 429 g/mol. The van der Waals surface area contributed by atoms with Crippen LogP contribution in [0, 0.1) is 0 Å². The van der Waals surface area contributed by atoms with Gasteiger partial charge in [-0.05, 0) is 37.8 Å². The molecule has 2 aromatic rings. The van der Waals surface area contributed by atoms with Crippen LogP contribution in [0.1, 0.15) is 25.3 Å². The average molecular weight is 429 g/mol. The second-order valence-corrected chi connectivity index (χ2v) is 7.71. The Kier molecular flexibility index (Phi) is 6.91. The number of rotatable bonds is 8. The zero-order valence-electron chi connectivity index (χ0n) is 17.3. The van der Waals surface area contributed by atoms with Crippen LogP contribution < -0.4 is 16.4 Å². The fourth-order valence-electron chi connectivity index (χ4n) is 3.82. The Labute approximate surface area is 179 Å². The maximum absolute atomic E-state index is 12.5. The summed E-state index contributed by atoms with van der Waals surface area (Å²) in [5.74, 6) is -2.55. The van der Waals surface area contributed by atoms with Crippen molar-refractivity contribution < 1.29 is 24.3 Å². The van der Waals surface area contributed by atoms with Gasteiger partial charge in [0.1, 0.15) is 12.1 Å². The lowest BCUT2D eigenvalue weighted by atomic mass is 10.1. The van der Waals surface area contributed by atoms with Crippen LogP contribution in [0.5, 0.6) is 0 Å². The van der Waals surface area contributed by atoms with E-state index >= 15 is 0 Å². The smallest absolute Gasteiger partial charge is 0.326 e. The number of hydrogen-bond donors (Lipinski definition) is 5. The number of carboxylic acid groups (broad SMARTS) is 1. The van der Waals surface area contributed by atoms with E-state index < -0.39 is 41.8 Å². The number of amides is 3. The summed E-state index contributed by atoms with van der Waals surface area (Å²) in [7, 11) is 0. The minimum atomic E-state index is -1.05. The predicted octanol–water partition coefficient (Wildman–Crippen LogP) is -0.266. The van der Waals surface area contributed by atoms with Crippen LogP contribution in [0.25, 0.3) is 10.9 Å². The highest BCUT2D eigenvalue weighted by molar-refractivity contribution is 5.93. The number of carbonyl (C=O) groups is 4. The van der Waals surface area contributed by atoms with Crippen LogP contribution in [0.2, 0.25) is 0 Å². The number of hydrogen-bond acceptors (Lipinski definition) is 5. The fourth-order valence-corrected chi connectivity index (χ4v) is 3.82. The van der Waals surface area contributed by atoms with Crippen LogP contribution >= 0.6 is 0 Å². The average Bonchev–Trinajstić information content (AvgIpc) is 3.39. The number of carbonyl (C=O) groups excluding carboxylic acids is 3. The van der Waals surface area contributed by atoms with E-state index in [-0.39, 0.29) is 6.54 Å². The van der Waals surface area contributed by atoms with Crippen molar-refractivity contribution in [3.63, 3.8) is 0 Å². The van der Waals surface area contributed by atoms with Crippen LogP contribution in [0.4, 0.5) is 0 Å². The van der Waals surface area contributed by atoms with E-state index in [1.54, 1.807) is 6.20 Å². The maximum atomic E-state index is 12.5. The zero-order valence-corrected chi connectivity index (χ0v) is 17.3. The molecule has 0 aliphatic carbocycles. The summed E-state index contributed by atoms with van der Waals surface area (Å²) in [6.07, 6.45) is 3.11. The van der Waals surface area contributed by atoms with E-state index in [0.717, 1.165) is 16.5 Å². The van der Waals surface area contributed by atoms with Crippen molar-refractivity contribution >= 4 is 34.6 Å². The molecule has 1 aromatic heterocycles. The molecule has 1 aliphatic heterocycles. The SMILES string of the molecule is C[C@H](NC(=O)CNC(=O)[C@@H](N)Cc1c[nH]c2ccccc12)C(=O)N1CCC[C@H]1C(=O)O. The van der Waals surface area contributed by atoms with Gasteiger partial charge in [0.05, 0.1) is 12.6 Å². The molecule has 0 unspecified atom stereocenters. The Hall–Kier alpha value is -3.40. The standard InChI is InChI=1S/C21H27N5O5/c1-12(20(29)26-8-4-7-17(26)21(30)31)25-18(27)11-24-19(28)15(22)9-13-10-23-16-6-3-2-5-14(13)16/h2-3,5-6,10,12,15,17,23H,4,7-9,11,22H2,1H3,(H,24,28)(H,25,27)(H,30,31)/t12-,15-,17-/m0/s1. The van der Waals surface area contributed by atoms with Crippen molar-refractivity contribution in [2.45, 2.75) is 44.3 Å². The Morgan fingerprint density at radius 2 is 2.03 bits per heavy atom. The highest BCUT2D eigenvalue weighted by atomic mass is 16.4. The second-order valence-electron chi connectivity index (χ2n) is 7.71. The molecule has 0 spiro atoms. The molecule has 2 heterocycles. The van der Waals surface area contributed by atoms with Gasteiger partial charge in [0.25, 0.3) is 0 Å². The number of carboxylic acids is 1. The van der Waals surface area contributed by atoms with Crippen molar-refractivity contribution in [3.8, 4) is 0 Å². The summed E-state index contributed by atoms with van der Waals surface area (Å²) in [4.78, 5) is 52.5. The molecule has 10 nitrogen and oxygen atoms in total. The molecule has 0 bridgehead atoms. The number of fused-ring (bicyclic) bond motifs is 1. The first-order valence-corrected chi connectivity index (χ1v) is 10.2. The molecule has 3 amide bonds. The van der Waals surface area contributed by atoms with E-state index in [9.17, 15) is 24.3 Å². The molecule has 1 aromatic carbocycles. The lowest BCUT2D eigenvalue weighted by molar-refractivity contribution is -0.149. The number of nitrogens with two attached hydrogens (primary N) is 1. The van der Waals surface area contributed by atoms with Gasteiger partial charge in [-0.25, -0.2) is 4.79 Å². The quantitative estimate of drug-likeness (QED) is 0.389. The molecule has 0 radical (unpaired) electrons. The normalized spacial score (nSPS) is 17.9. The largest absolute Gasteiger partial charge is 0.480 e. The van der Waals surface area contributed by atoms with Gasteiger partial charge in [0, 0.05) is 23.6 Å². The third-order valence-electron chi connectivity index (χ3n) is 5.44. The highest BCUT2D eigenvalue weighted by Gasteiger charge is 2.36. The van der Waals surface area contributed by atoms with E-state index in [1.807, 2.05) is 24.3 Å². The second kappa shape index (κ2) is 9.61. The van der Waals surface area contributed by atoms with Gasteiger partial charge in [0.15, 0.2) is 0 Å². The first kappa shape index (κ1) is 22.3. The van der Waals surface area contributed by atoms with Crippen LogP contribution in [-0.4, -0.2) is 69.9 Å². The number of nitrogens with zero attached hydrogens (tertiary/aromatic N) is 1. The fraction of sp³-hybridized carbons (Fsp3) is 0.429. The van der Waals surface area contributed by atoms with Gasteiger partial charge < -0.3 is 31.4 Å². The topological polar surface area (TPSA) is 158 Å². The van der Waals surface area contributed by atoms with Gasteiger partial charge in [-0.3, -0.25) is 14.4 Å². The molecule has 1 fully saturated rings. The van der Waals surface area contributed by atoms with E-state index in [4.69, 9.17) is 5.73 Å². The molecule has 1 aliphatic rings. The number of aromatic amines is 1. The number of nitrogens with one attached hydrogen (secondary N) is 3. The summed E-state index contributed by atoms with van der Waals surface area (Å²) in [5, 5.41) is 15.2. The number of H-pyrrole nitrogens is 1. The van der Waals surface area contributed by atoms with Crippen molar-refractivity contribution in [2.75, 3.05) is 13.1 Å². The molecule has 6 N–H and O–H groups in total. The van der Waals surface area contributed by atoms with E-state index in [1.165, 1.54) is 11.8 Å². The molecular formula is C21H27N5O5. The zero-order chi connectivity index (χ0) is 22.5. The third kappa shape index (κ3) is 5.21. The van der Waals surface area contributed by atoms with Crippen LogP contribution in [0.3, 0.4) is 0 Å². The summed E-state index contributed by atoms with van der Waals surface area (Å²) < 4.78 is 0. The molecule has 166 valence electrons. The number of aromatic nitrogens is 1. The molecule has 3 rings (SSSR count). The first-order chi connectivity index (χ1) is 14.8. The Balaban J connectivity index is 1.46. The van der Waals surface area contributed by atoms with Gasteiger partial charge in [0.2, 0.25) is 17.7 Å². The summed E-state index contributed by atoms with van der Waals surface area (Å²) in [6.45, 7) is 1.50. The number of likely N-dealkylation sites (tertiary alicyclic amines) is 1. The van der Waals surface area contributed by atoms with Gasteiger partial charge in [-0.15, -0.1) is 0 Å². The predicted molar refractivity (Wildman–Crippen MR) is 113 cm³/mol. The van der Waals surface area contributed by atoms with Gasteiger partial charge in [-0.2, -0.15) is 0 Å². The number of aliphatic carboxylic acids is 1. The number of benzene rings is 1. The Morgan fingerprint density at radius 1 is 1.29 bits per heavy atom. The molecular weight excluding hydrogens is 402 g/mol. The van der Waals surface area contributed by atoms with Crippen LogP contribution in [0.15, 0.2) is 30.5 Å². The first-order valence-electron chi connectivity index (χ1n) is 10.2. The van der Waals surface area contributed by atoms with E-state index in [0.29, 0.717) is 25.8 Å². The minimum Gasteiger partial charge on any atom is -0.480 e. The summed E-state index contributed by atoms with van der Waals surface area (Å²) in [5.41, 5.74) is 7.84. The van der Waals surface area contributed by atoms with Gasteiger partial charge in [-0.1, -0.05) is 18.2 Å². The maximum Gasteiger partial charge on any atom is 0.326 e. The van der Waals surface area contributed by atoms with Crippen molar-refractivity contribution in [2.24, 2.45) is 5.73 Å². The lowest BCUT2D eigenvalue weighted by Crippen LogP contribution is -2.52. The lowest BCUT2D eigenvalue weighted by Gasteiger charge is -2.25. The Bertz CT molecular complexity index is 987. The van der Waals surface area contributed by atoms with Crippen molar-refractivity contribution in [3.05, 3.63) is 36.0 Å².